The SMILES string of the molecule is COC(=O)C[C@H](O)[C@@H]1O[C@@H](c2ccccc2)[C@@H](O)[C@@H]1O. The maximum atomic E-state index is 11.1. The zero-order chi connectivity index (χ0) is 14.7. The average Bonchev–Trinajstić information content (AvgIpc) is 2.76. The third kappa shape index (κ3) is 2.99. The predicted molar refractivity (Wildman–Crippen MR) is 68.7 cm³/mol. The third-order valence-electron chi connectivity index (χ3n) is 3.41. The lowest BCUT2D eigenvalue weighted by atomic mass is 9.99. The molecule has 0 unspecified atom stereocenters. The molecule has 1 aliphatic heterocycles. The van der Waals surface area contributed by atoms with Crippen molar-refractivity contribution in [3.8, 4) is 0 Å². The molecule has 0 aliphatic carbocycles. The first kappa shape index (κ1) is 14.9. The largest absolute Gasteiger partial charge is 0.469 e. The number of hydrogen-bond acceptors (Lipinski definition) is 6. The minimum Gasteiger partial charge on any atom is -0.469 e. The number of aliphatic hydroxyl groups excluding tert-OH is 3. The van der Waals surface area contributed by atoms with Gasteiger partial charge in [0.2, 0.25) is 0 Å². The monoisotopic (exact) mass is 282 g/mol. The summed E-state index contributed by atoms with van der Waals surface area (Å²) in [5.74, 6) is -0.606. The first-order valence-corrected chi connectivity index (χ1v) is 6.36. The quantitative estimate of drug-likeness (QED) is 0.660. The van der Waals surface area contributed by atoms with Gasteiger partial charge in [-0.15, -0.1) is 0 Å². The van der Waals surface area contributed by atoms with Crippen LogP contribution < -0.4 is 0 Å². The van der Waals surface area contributed by atoms with Gasteiger partial charge in [-0.2, -0.15) is 0 Å². The van der Waals surface area contributed by atoms with Gasteiger partial charge < -0.3 is 24.8 Å². The second-order valence-corrected chi connectivity index (χ2v) is 4.76. The van der Waals surface area contributed by atoms with Crippen molar-refractivity contribution in [3.05, 3.63) is 35.9 Å². The fourth-order valence-corrected chi connectivity index (χ4v) is 2.31. The van der Waals surface area contributed by atoms with E-state index >= 15 is 0 Å². The van der Waals surface area contributed by atoms with Gasteiger partial charge in [-0.25, -0.2) is 0 Å². The molecule has 1 aromatic rings. The van der Waals surface area contributed by atoms with Crippen LogP contribution >= 0.6 is 0 Å². The third-order valence-corrected chi connectivity index (χ3v) is 3.41. The molecule has 1 fully saturated rings. The molecule has 2 rings (SSSR count). The molecule has 0 amide bonds. The van der Waals surface area contributed by atoms with E-state index in [-0.39, 0.29) is 6.42 Å². The van der Waals surface area contributed by atoms with Gasteiger partial charge >= 0.3 is 5.97 Å². The smallest absolute Gasteiger partial charge is 0.308 e. The van der Waals surface area contributed by atoms with Crippen molar-refractivity contribution in [2.45, 2.75) is 36.9 Å². The Bertz CT molecular complexity index is 448. The number of ether oxygens (including phenoxy) is 2. The highest BCUT2D eigenvalue weighted by Gasteiger charge is 2.46. The number of benzene rings is 1. The molecule has 110 valence electrons. The van der Waals surface area contributed by atoms with Crippen LogP contribution in [0.3, 0.4) is 0 Å². The van der Waals surface area contributed by atoms with Crippen LogP contribution in [0.1, 0.15) is 18.1 Å². The van der Waals surface area contributed by atoms with Crippen LogP contribution in [0.5, 0.6) is 0 Å². The van der Waals surface area contributed by atoms with Crippen LogP contribution in [0.2, 0.25) is 0 Å². The average molecular weight is 282 g/mol. The highest BCUT2D eigenvalue weighted by molar-refractivity contribution is 5.69. The number of aliphatic hydroxyl groups is 3. The van der Waals surface area contributed by atoms with E-state index in [2.05, 4.69) is 4.74 Å². The van der Waals surface area contributed by atoms with E-state index in [4.69, 9.17) is 4.74 Å². The summed E-state index contributed by atoms with van der Waals surface area (Å²) < 4.78 is 9.98. The summed E-state index contributed by atoms with van der Waals surface area (Å²) in [5.41, 5.74) is 0.701. The molecule has 0 aromatic heterocycles. The Morgan fingerprint density at radius 3 is 2.55 bits per heavy atom. The van der Waals surface area contributed by atoms with Crippen molar-refractivity contribution < 1.29 is 29.6 Å². The van der Waals surface area contributed by atoms with Crippen molar-refractivity contribution in [2.75, 3.05) is 7.11 Å². The molecule has 0 spiro atoms. The van der Waals surface area contributed by atoms with Crippen LogP contribution in [0, 0.1) is 0 Å². The predicted octanol–water partition coefficient (Wildman–Crippen LogP) is -0.228. The summed E-state index contributed by atoms with van der Waals surface area (Å²) in [4.78, 5) is 11.1. The van der Waals surface area contributed by atoms with Gasteiger partial charge in [0, 0.05) is 0 Å². The first-order chi connectivity index (χ1) is 9.54. The summed E-state index contributed by atoms with van der Waals surface area (Å²) in [7, 11) is 1.21. The topological polar surface area (TPSA) is 96.2 Å². The van der Waals surface area contributed by atoms with Crippen molar-refractivity contribution in [2.24, 2.45) is 0 Å². The number of esters is 1. The Morgan fingerprint density at radius 2 is 1.95 bits per heavy atom. The molecular formula is C14H18O6. The van der Waals surface area contributed by atoms with Gasteiger partial charge in [0.15, 0.2) is 0 Å². The fraction of sp³-hybridized carbons (Fsp3) is 0.500. The van der Waals surface area contributed by atoms with E-state index in [1.165, 1.54) is 7.11 Å². The van der Waals surface area contributed by atoms with E-state index in [0.717, 1.165) is 0 Å². The molecule has 20 heavy (non-hydrogen) atoms. The number of carbonyl (C=O) groups excluding carboxylic acids is 1. The molecule has 6 nitrogen and oxygen atoms in total. The zero-order valence-electron chi connectivity index (χ0n) is 11.0. The molecule has 1 heterocycles. The summed E-state index contributed by atoms with van der Waals surface area (Å²) >= 11 is 0. The normalized spacial score (nSPS) is 31.0. The van der Waals surface area contributed by atoms with E-state index in [1.807, 2.05) is 6.07 Å². The van der Waals surface area contributed by atoms with Gasteiger partial charge in [0.1, 0.15) is 24.4 Å². The van der Waals surface area contributed by atoms with Gasteiger partial charge in [0.05, 0.1) is 19.6 Å². The van der Waals surface area contributed by atoms with Crippen molar-refractivity contribution in [1.29, 1.82) is 0 Å². The van der Waals surface area contributed by atoms with Gasteiger partial charge in [-0.3, -0.25) is 4.79 Å². The van der Waals surface area contributed by atoms with Crippen LogP contribution in [-0.2, 0) is 14.3 Å². The fourth-order valence-electron chi connectivity index (χ4n) is 2.31. The lowest BCUT2D eigenvalue weighted by Crippen LogP contribution is -2.39. The second kappa shape index (κ2) is 6.32. The molecule has 3 N–H and O–H groups in total. The van der Waals surface area contributed by atoms with Crippen LogP contribution in [0.25, 0.3) is 0 Å². The van der Waals surface area contributed by atoms with Crippen LogP contribution in [0.15, 0.2) is 30.3 Å². The summed E-state index contributed by atoms with van der Waals surface area (Å²) in [6, 6.07) is 8.92. The first-order valence-electron chi connectivity index (χ1n) is 6.36. The van der Waals surface area contributed by atoms with Crippen molar-refractivity contribution in [1.82, 2.24) is 0 Å². The Morgan fingerprint density at radius 1 is 1.30 bits per heavy atom. The Hall–Kier alpha value is -1.47. The molecule has 0 saturated carbocycles. The van der Waals surface area contributed by atoms with Crippen molar-refractivity contribution in [3.63, 3.8) is 0 Å². The lowest BCUT2D eigenvalue weighted by Gasteiger charge is -2.20. The molecule has 1 aliphatic rings. The van der Waals surface area contributed by atoms with Gasteiger partial charge in [0.25, 0.3) is 0 Å². The molecule has 1 saturated heterocycles. The number of rotatable bonds is 4. The maximum absolute atomic E-state index is 11.1. The highest BCUT2D eigenvalue weighted by Crippen LogP contribution is 2.35. The number of hydrogen-bond donors (Lipinski definition) is 3. The Balaban J connectivity index is 2.09. The zero-order valence-corrected chi connectivity index (χ0v) is 11.0. The lowest BCUT2D eigenvalue weighted by molar-refractivity contribution is -0.146. The van der Waals surface area contributed by atoms with E-state index in [1.54, 1.807) is 24.3 Å². The Labute approximate surface area is 116 Å². The van der Waals surface area contributed by atoms with Crippen LogP contribution in [-0.4, -0.2) is 52.8 Å². The van der Waals surface area contributed by atoms with E-state index < -0.39 is 36.5 Å². The molecule has 6 heteroatoms. The van der Waals surface area contributed by atoms with E-state index in [0.29, 0.717) is 5.56 Å². The number of methoxy groups -OCH3 is 1. The minimum atomic E-state index is -1.26. The molecule has 1 aromatic carbocycles. The summed E-state index contributed by atoms with van der Waals surface area (Å²) in [6.45, 7) is 0. The summed E-state index contributed by atoms with van der Waals surface area (Å²) in [6.07, 6.45) is -5.72. The maximum Gasteiger partial charge on any atom is 0.308 e. The van der Waals surface area contributed by atoms with E-state index in [9.17, 15) is 20.1 Å². The standard InChI is InChI=1S/C14H18O6/c1-19-10(16)7-9(15)14-12(18)11(17)13(20-14)8-5-3-2-4-6-8/h2-6,9,11-15,17-18H,7H2,1H3/t9-,11-,12-,13-,14-/m0/s1. The summed E-state index contributed by atoms with van der Waals surface area (Å²) in [5, 5.41) is 29.9. The number of carbonyl (C=O) groups is 1. The van der Waals surface area contributed by atoms with Gasteiger partial charge in [-0.05, 0) is 5.56 Å². The van der Waals surface area contributed by atoms with Gasteiger partial charge in [-0.1, -0.05) is 30.3 Å². The minimum absolute atomic E-state index is 0.299. The molecule has 5 atom stereocenters. The highest BCUT2D eigenvalue weighted by atomic mass is 16.6. The second-order valence-electron chi connectivity index (χ2n) is 4.76. The van der Waals surface area contributed by atoms with Crippen LogP contribution in [0.4, 0.5) is 0 Å². The Kier molecular flexibility index (Phi) is 4.72. The molecule has 0 radical (unpaired) electrons. The molecular weight excluding hydrogens is 264 g/mol. The molecule has 0 bridgehead atoms. The van der Waals surface area contributed by atoms with Crippen molar-refractivity contribution >= 4 is 5.97 Å².